The molecule has 0 saturated carbocycles. The van der Waals surface area contributed by atoms with Gasteiger partial charge in [0.25, 0.3) is 0 Å². The molecule has 0 aromatic heterocycles. The lowest BCUT2D eigenvalue weighted by Crippen LogP contribution is -2.64. The van der Waals surface area contributed by atoms with Crippen molar-refractivity contribution in [1.82, 2.24) is 9.80 Å². The van der Waals surface area contributed by atoms with E-state index in [-0.39, 0.29) is 23.8 Å². The Labute approximate surface area is 109 Å². The van der Waals surface area contributed by atoms with Gasteiger partial charge in [0.1, 0.15) is 5.54 Å². The van der Waals surface area contributed by atoms with Crippen LogP contribution in [-0.4, -0.2) is 53.3 Å². The van der Waals surface area contributed by atoms with Crippen LogP contribution in [0.4, 0.5) is 0 Å². The second-order valence-corrected chi connectivity index (χ2v) is 5.94. The fourth-order valence-electron chi connectivity index (χ4n) is 2.20. The maximum Gasteiger partial charge on any atom is 0.247 e. The van der Waals surface area contributed by atoms with Crippen LogP contribution in [0.2, 0.25) is 0 Å². The van der Waals surface area contributed by atoms with E-state index in [9.17, 15) is 9.59 Å². The van der Waals surface area contributed by atoms with E-state index in [1.165, 1.54) is 0 Å². The van der Waals surface area contributed by atoms with E-state index in [0.29, 0.717) is 19.5 Å². The van der Waals surface area contributed by atoms with E-state index < -0.39 is 5.54 Å². The minimum absolute atomic E-state index is 0.0137. The van der Waals surface area contributed by atoms with Crippen LogP contribution >= 0.6 is 0 Å². The number of likely N-dealkylation sites (N-methyl/N-ethyl adjacent to an activating group) is 1. The van der Waals surface area contributed by atoms with Crippen molar-refractivity contribution in [3.63, 3.8) is 0 Å². The minimum atomic E-state index is -0.763. The number of hydrogen-bond acceptors (Lipinski definition) is 3. The van der Waals surface area contributed by atoms with Crippen molar-refractivity contribution >= 4 is 11.8 Å². The predicted octanol–water partition coefficient (Wildman–Crippen LogP) is 0.439. The van der Waals surface area contributed by atoms with Crippen molar-refractivity contribution in [2.24, 2.45) is 11.7 Å². The summed E-state index contributed by atoms with van der Waals surface area (Å²) in [6.07, 6.45) is 0.304. The summed E-state index contributed by atoms with van der Waals surface area (Å²) in [5.41, 5.74) is 5.17. The lowest BCUT2D eigenvalue weighted by atomic mass is 9.95. The van der Waals surface area contributed by atoms with Gasteiger partial charge < -0.3 is 15.5 Å². The molecule has 0 bridgehead atoms. The van der Waals surface area contributed by atoms with Gasteiger partial charge in [0.2, 0.25) is 11.8 Å². The SMILES string of the molecule is CC(C)C(N)CC(=O)N1CCN(C)C(=O)C1(C)C. The van der Waals surface area contributed by atoms with Gasteiger partial charge in [0.05, 0.1) is 0 Å². The van der Waals surface area contributed by atoms with Crippen LogP contribution in [0.1, 0.15) is 34.1 Å². The number of nitrogens with zero attached hydrogens (tertiary/aromatic N) is 2. The van der Waals surface area contributed by atoms with Gasteiger partial charge in [-0.1, -0.05) is 13.8 Å². The molecule has 1 atom stereocenters. The van der Waals surface area contributed by atoms with E-state index in [4.69, 9.17) is 5.73 Å². The number of nitrogens with two attached hydrogens (primary N) is 1. The summed E-state index contributed by atoms with van der Waals surface area (Å²) in [7, 11) is 1.77. The van der Waals surface area contributed by atoms with Crippen molar-refractivity contribution in [2.45, 2.75) is 45.7 Å². The number of hydrogen-bond donors (Lipinski definition) is 1. The molecule has 104 valence electrons. The molecule has 1 fully saturated rings. The van der Waals surface area contributed by atoms with Crippen LogP contribution in [0.25, 0.3) is 0 Å². The van der Waals surface area contributed by atoms with E-state index in [1.807, 2.05) is 13.8 Å². The lowest BCUT2D eigenvalue weighted by Gasteiger charge is -2.45. The molecule has 0 spiro atoms. The zero-order valence-electron chi connectivity index (χ0n) is 12.1. The Balaban J connectivity index is 2.77. The minimum Gasteiger partial charge on any atom is -0.342 e. The molecule has 2 N–H and O–H groups in total. The Kier molecular flexibility index (Phi) is 4.37. The van der Waals surface area contributed by atoms with Gasteiger partial charge in [0, 0.05) is 32.6 Å². The summed E-state index contributed by atoms with van der Waals surface area (Å²) in [5.74, 6) is 0.225. The molecule has 18 heavy (non-hydrogen) atoms. The van der Waals surface area contributed by atoms with E-state index >= 15 is 0 Å². The van der Waals surface area contributed by atoms with Crippen LogP contribution in [0.5, 0.6) is 0 Å². The Bertz CT molecular complexity index is 339. The molecule has 5 heteroatoms. The highest BCUT2D eigenvalue weighted by Crippen LogP contribution is 2.23. The summed E-state index contributed by atoms with van der Waals surface area (Å²) in [6.45, 7) is 8.76. The molecular formula is C13H25N3O2. The summed E-state index contributed by atoms with van der Waals surface area (Å²) in [5, 5.41) is 0. The molecular weight excluding hydrogens is 230 g/mol. The van der Waals surface area contributed by atoms with E-state index in [1.54, 1.807) is 30.7 Å². The fraction of sp³-hybridized carbons (Fsp3) is 0.846. The first-order chi connectivity index (χ1) is 8.17. The molecule has 0 aromatic carbocycles. The van der Waals surface area contributed by atoms with Crippen molar-refractivity contribution < 1.29 is 9.59 Å². The van der Waals surface area contributed by atoms with Crippen LogP contribution in [0, 0.1) is 5.92 Å². The van der Waals surface area contributed by atoms with Crippen LogP contribution in [-0.2, 0) is 9.59 Å². The largest absolute Gasteiger partial charge is 0.342 e. The molecule has 2 amide bonds. The molecule has 1 unspecified atom stereocenters. The normalized spacial score (nSPS) is 21.4. The second kappa shape index (κ2) is 5.26. The quantitative estimate of drug-likeness (QED) is 0.795. The fourth-order valence-corrected chi connectivity index (χ4v) is 2.20. The Morgan fingerprint density at radius 2 is 1.94 bits per heavy atom. The molecule has 1 saturated heterocycles. The van der Waals surface area contributed by atoms with Crippen molar-refractivity contribution in [2.75, 3.05) is 20.1 Å². The summed E-state index contributed by atoms with van der Waals surface area (Å²) >= 11 is 0. The van der Waals surface area contributed by atoms with Crippen molar-refractivity contribution in [3.05, 3.63) is 0 Å². The number of piperazine rings is 1. The third kappa shape index (κ3) is 2.83. The summed E-state index contributed by atoms with van der Waals surface area (Å²) in [4.78, 5) is 27.7. The van der Waals surface area contributed by atoms with Gasteiger partial charge in [-0.05, 0) is 19.8 Å². The highest BCUT2D eigenvalue weighted by molar-refractivity contribution is 5.91. The Hall–Kier alpha value is -1.10. The zero-order valence-corrected chi connectivity index (χ0v) is 12.1. The molecule has 5 nitrogen and oxygen atoms in total. The molecule has 1 heterocycles. The number of carbonyl (C=O) groups excluding carboxylic acids is 2. The molecule has 0 radical (unpaired) electrons. The third-order valence-corrected chi connectivity index (χ3v) is 3.77. The monoisotopic (exact) mass is 255 g/mol. The highest BCUT2D eigenvalue weighted by Gasteiger charge is 2.42. The Morgan fingerprint density at radius 3 is 2.44 bits per heavy atom. The van der Waals surface area contributed by atoms with Gasteiger partial charge in [0.15, 0.2) is 0 Å². The molecule has 0 aliphatic carbocycles. The summed E-state index contributed by atoms with van der Waals surface area (Å²) < 4.78 is 0. The van der Waals surface area contributed by atoms with Gasteiger partial charge in [-0.15, -0.1) is 0 Å². The first-order valence-corrected chi connectivity index (χ1v) is 6.49. The topological polar surface area (TPSA) is 66.6 Å². The molecule has 1 rings (SSSR count). The van der Waals surface area contributed by atoms with E-state index in [2.05, 4.69) is 0 Å². The van der Waals surface area contributed by atoms with Crippen molar-refractivity contribution in [3.8, 4) is 0 Å². The zero-order chi connectivity index (χ0) is 14.1. The first kappa shape index (κ1) is 15.0. The van der Waals surface area contributed by atoms with Gasteiger partial charge >= 0.3 is 0 Å². The molecule has 0 aromatic rings. The third-order valence-electron chi connectivity index (χ3n) is 3.77. The average molecular weight is 255 g/mol. The maximum absolute atomic E-state index is 12.3. The van der Waals surface area contributed by atoms with Crippen LogP contribution < -0.4 is 5.73 Å². The molecule has 1 aliphatic rings. The van der Waals surface area contributed by atoms with Gasteiger partial charge in [-0.3, -0.25) is 9.59 Å². The number of carbonyl (C=O) groups is 2. The highest BCUT2D eigenvalue weighted by atomic mass is 16.2. The Morgan fingerprint density at radius 1 is 1.39 bits per heavy atom. The van der Waals surface area contributed by atoms with Gasteiger partial charge in [-0.25, -0.2) is 0 Å². The van der Waals surface area contributed by atoms with Gasteiger partial charge in [-0.2, -0.15) is 0 Å². The number of amides is 2. The average Bonchev–Trinajstić information content (AvgIpc) is 2.25. The van der Waals surface area contributed by atoms with Crippen molar-refractivity contribution in [1.29, 1.82) is 0 Å². The predicted molar refractivity (Wildman–Crippen MR) is 70.9 cm³/mol. The van der Waals surface area contributed by atoms with E-state index in [0.717, 1.165) is 0 Å². The molecule has 1 aliphatic heterocycles. The first-order valence-electron chi connectivity index (χ1n) is 6.49. The standard InChI is InChI=1S/C13H25N3O2/c1-9(2)10(14)8-11(17)16-7-6-15(5)12(18)13(16,3)4/h9-10H,6-8,14H2,1-5H3. The lowest BCUT2D eigenvalue weighted by molar-refractivity contribution is -0.157. The van der Waals surface area contributed by atoms with Crippen LogP contribution in [0.3, 0.4) is 0 Å². The second-order valence-electron chi connectivity index (χ2n) is 5.94. The summed E-state index contributed by atoms with van der Waals surface area (Å²) in [6, 6.07) is -0.150. The van der Waals surface area contributed by atoms with Crippen LogP contribution in [0.15, 0.2) is 0 Å². The maximum atomic E-state index is 12.3. The number of rotatable bonds is 3. The smallest absolute Gasteiger partial charge is 0.247 e.